The Morgan fingerprint density at radius 1 is 0.684 bits per heavy atom. The summed E-state index contributed by atoms with van der Waals surface area (Å²) in [5.74, 6) is -0.0353. The highest BCUT2D eigenvalue weighted by molar-refractivity contribution is 6.03. The molecule has 1 fully saturated rings. The van der Waals surface area contributed by atoms with Crippen molar-refractivity contribution in [2.45, 2.75) is 135 Å². The molecule has 0 bridgehead atoms. The number of amides is 2. The Bertz CT molecular complexity index is 746. The standard InChI is InChI=1S/C33H56N2O3/c1-2-3-4-5-6-7-8-9-10-11-12-13-14-15-16-17-18-19-20-25-32(36)34-31-24-22-21-23-30(31)33(37)35-26-28-38-29-27-35/h21-24H,2-20,25-29H2,1H3,(H,34,36). The van der Waals surface area contributed by atoms with Gasteiger partial charge in [0.1, 0.15) is 0 Å². The highest BCUT2D eigenvalue weighted by Gasteiger charge is 2.21. The van der Waals surface area contributed by atoms with Gasteiger partial charge in [0.2, 0.25) is 5.91 Å². The van der Waals surface area contributed by atoms with E-state index >= 15 is 0 Å². The lowest BCUT2D eigenvalue weighted by Crippen LogP contribution is -2.41. The van der Waals surface area contributed by atoms with Crippen molar-refractivity contribution < 1.29 is 14.3 Å². The molecule has 1 N–H and O–H groups in total. The number of hydrogen-bond donors (Lipinski definition) is 1. The van der Waals surface area contributed by atoms with Crippen molar-refractivity contribution in [1.82, 2.24) is 4.90 Å². The maximum atomic E-state index is 12.9. The summed E-state index contributed by atoms with van der Waals surface area (Å²) in [6.07, 6.45) is 26.1. The molecule has 0 atom stereocenters. The summed E-state index contributed by atoms with van der Waals surface area (Å²) >= 11 is 0. The fraction of sp³-hybridized carbons (Fsp3) is 0.758. The number of carbonyl (C=O) groups excluding carboxylic acids is 2. The molecule has 5 heteroatoms. The molecule has 0 aromatic heterocycles. The van der Waals surface area contributed by atoms with Crippen molar-refractivity contribution in [3.63, 3.8) is 0 Å². The maximum absolute atomic E-state index is 12.9. The van der Waals surface area contributed by atoms with Gasteiger partial charge < -0.3 is 15.0 Å². The van der Waals surface area contributed by atoms with Crippen LogP contribution in [0.2, 0.25) is 0 Å². The molecule has 2 rings (SSSR count). The van der Waals surface area contributed by atoms with E-state index in [9.17, 15) is 9.59 Å². The number of benzene rings is 1. The van der Waals surface area contributed by atoms with Crippen LogP contribution >= 0.6 is 0 Å². The van der Waals surface area contributed by atoms with Crippen molar-refractivity contribution in [3.8, 4) is 0 Å². The lowest BCUT2D eigenvalue weighted by Gasteiger charge is -2.27. The molecular weight excluding hydrogens is 472 g/mol. The van der Waals surface area contributed by atoms with E-state index < -0.39 is 0 Å². The number of ether oxygens (including phenoxy) is 1. The van der Waals surface area contributed by atoms with Crippen LogP contribution in [-0.2, 0) is 9.53 Å². The van der Waals surface area contributed by atoms with Crippen molar-refractivity contribution in [1.29, 1.82) is 0 Å². The molecule has 5 nitrogen and oxygen atoms in total. The fourth-order valence-corrected chi connectivity index (χ4v) is 5.29. The zero-order valence-electron chi connectivity index (χ0n) is 24.5. The lowest BCUT2D eigenvalue weighted by atomic mass is 10.0. The second-order valence-electron chi connectivity index (χ2n) is 11.1. The molecule has 216 valence electrons. The number of nitrogens with one attached hydrogen (secondary N) is 1. The predicted octanol–water partition coefficient (Wildman–Crippen LogP) is 8.92. The SMILES string of the molecule is CCCCCCCCCCCCCCCCCCCCCC(=O)Nc1ccccc1C(=O)N1CCOCC1. The molecule has 38 heavy (non-hydrogen) atoms. The van der Waals surface area contributed by atoms with E-state index in [1.54, 1.807) is 11.0 Å². The quantitative estimate of drug-likeness (QED) is 0.153. The van der Waals surface area contributed by atoms with Gasteiger partial charge in [-0.05, 0) is 18.6 Å². The van der Waals surface area contributed by atoms with Crippen LogP contribution in [0.1, 0.15) is 146 Å². The third-order valence-electron chi connectivity index (χ3n) is 7.74. The minimum absolute atomic E-state index is 0.000740. The van der Waals surface area contributed by atoms with Gasteiger partial charge in [0, 0.05) is 19.5 Å². The average Bonchev–Trinajstić information content (AvgIpc) is 2.94. The van der Waals surface area contributed by atoms with E-state index in [1.807, 2.05) is 18.2 Å². The molecule has 0 spiro atoms. The van der Waals surface area contributed by atoms with Crippen molar-refractivity contribution in [3.05, 3.63) is 29.8 Å². The van der Waals surface area contributed by atoms with Gasteiger partial charge in [-0.25, -0.2) is 0 Å². The summed E-state index contributed by atoms with van der Waals surface area (Å²) in [6, 6.07) is 7.33. The average molecular weight is 529 g/mol. The molecule has 1 aromatic rings. The Labute approximate surface area is 233 Å². The fourth-order valence-electron chi connectivity index (χ4n) is 5.29. The lowest BCUT2D eigenvalue weighted by molar-refractivity contribution is -0.116. The Hall–Kier alpha value is -1.88. The number of anilines is 1. The zero-order chi connectivity index (χ0) is 27.1. The van der Waals surface area contributed by atoms with E-state index in [0.717, 1.165) is 12.8 Å². The van der Waals surface area contributed by atoms with Crippen molar-refractivity contribution in [2.75, 3.05) is 31.6 Å². The van der Waals surface area contributed by atoms with Gasteiger partial charge in [-0.1, -0.05) is 135 Å². The molecule has 0 aliphatic carbocycles. The van der Waals surface area contributed by atoms with E-state index in [2.05, 4.69) is 12.2 Å². The number of carbonyl (C=O) groups is 2. The second-order valence-corrected chi connectivity index (χ2v) is 11.1. The Morgan fingerprint density at radius 2 is 1.13 bits per heavy atom. The summed E-state index contributed by atoms with van der Waals surface area (Å²) in [7, 11) is 0. The van der Waals surface area contributed by atoms with Crippen LogP contribution in [0.5, 0.6) is 0 Å². The summed E-state index contributed by atoms with van der Waals surface area (Å²) in [6.45, 7) is 4.62. The zero-order valence-corrected chi connectivity index (χ0v) is 24.5. The summed E-state index contributed by atoms with van der Waals surface area (Å²) in [4.78, 5) is 27.2. The van der Waals surface area contributed by atoms with E-state index in [1.165, 1.54) is 109 Å². The topological polar surface area (TPSA) is 58.6 Å². The second kappa shape index (κ2) is 22.0. The first kappa shape index (κ1) is 32.3. The highest BCUT2D eigenvalue weighted by Crippen LogP contribution is 2.19. The first-order valence-corrected chi connectivity index (χ1v) is 16.0. The van der Waals surface area contributed by atoms with E-state index in [-0.39, 0.29) is 11.8 Å². The number of unbranched alkanes of at least 4 members (excludes halogenated alkanes) is 18. The third kappa shape index (κ3) is 14.9. The molecule has 0 unspecified atom stereocenters. The molecule has 0 radical (unpaired) electrons. The number of hydrogen-bond acceptors (Lipinski definition) is 3. The monoisotopic (exact) mass is 528 g/mol. The van der Waals surface area contributed by atoms with Gasteiger partial charge in [0.25, 0.3) is 5.91 Å². The summed E-state index contributed by atoms with van der Waals surface area (Å²) in [5.41, 5.74) is 1.18. The highest BCUT2D eigenvalue weighted by atomic mass is 16.5. The normalized spacial score (nSPS) is 13.6. The predicted molar refractivity (Wildman–Crippen MR) is 160 cm³/mol. The molecule has 1 heterocycles. The largest absolute Gasteiger partial charge is 0.378 e. The van der Waals surface area contributed by atoms with Crippen molar-refractivity contribution in [2.24, 2.45) is 0 Å². The van der Waals surface area contributed by atoms with Crippen LogP contribution in [0.4, 0.5) is 5.69 Å². The van der Waals surface area contributed by atoms with Gasteiger partial charge in [-0.15, -0.1) is 0 Å². The number of para-hydroxylation sites is 1. The molecule has 0 saturated carbocycles. The number of morpholine rings is 1. The van der Waals surface area contributed by atoms with Crippen LogP contribution in [0.25, 0.3) is 0 Å². The van der Waals surface area contributed by atoms with Gasteiger partial charge in [-0.2, -0.15) is 0 Å². The Kier molecular flexibility index (Phi) is 18.7. The maximum Gasteiger partial charge on any atom is 0.256 e. The van der Waals surface area contributed by atoms with Crippen LogP contribution in [0.15, 0.2) is 24.3 Å². The summed E-state index contributed by atoms with van der Waals surface area (Å²) in [5, 5.41) is 2.97. The minimum atomic E-state index is -0.0345. The van der Waals surface area contributed by atoms with Gasteiger partial charge >= 0.3 is 0 Å². The van der Waals surface area contributed by atoms with Crippen LogP contribution in [0, 0.1) is 0 Å². The molecule has 1 saturated heterocycles. The Balaban J connectivity index is 1.40. The van der Waals surface area contributed by atoms with E-state index in [0.29, 0.717) is 44.0 Å². The van der Waals surface area contributed by atoms with Crippen LogP contribution < -0.4 is 5.32 Å². The summed E-state index contributed by atoms with van der Waals surface area (Å²) < 4.78 is 5.35. The van der Waals surface area contributed by atoms with Crippen molar-refractivity contribution >= 4 is 17.5 Å². The molecule has 1 aromatic carbocycles. The number of rotatable bonds is 22. The first-order chi connectivity index (χ1) is 18.7. The molecule has 1 aliphatic rings. The first-order valence-electron chi connectivity index (χ1n) is 16.0. The smallest absolute Gasteiger partial charge is 0.256 e. The third-order valence-corrected chi connectivity index (χ3v) is 7.74. The number of nitrogens with zero attached hydrogens (tertiary/aromatic N) is 1. The molecule has 2 amide bonds. The van der Waals surface area contributed by atoms with Gasteiger partial charge in [0.05, 0.1) is 24.5 Å². The van der Waals surface area contributed by atoms with Crippen LogP contribution in [-0.4, -0.2) is 43.0 Å². The molecular formula is C33H56N2O3. The van der Waals surface area contributed by atoms with Gasteiger partial charge in [-0.3, -0.25) is 9.59 Å². The molecule has 1 aliphatic heterocycles. The van der Waals surface area contributed by atoms with E-state index in [4.69, 9.17) is 4.74 Å². The minimum Gasteiger partial charge on any atom is -0.378 e. The Morgan fingerprint density at radius 3 is 1.63 bits per heavy atom. The van der Waals surface area contributed by atoms with Crippen LogP contribution in [0.3, 0.4) is 0 Å². The van der Waals surface area contributed by atoms with Gasteiger partial charge in [0.15, 0.2) is 0 Å².